The standard InChI is InChI=1S/C6H9ClO3.C6H11NO3.C6H11NO2S/c2*1-2-10-6(9)4-3-5(7)8;1-2-9-6(8)4-3-5(7)10/h2-4H2,1H3;2-4H2,1H3,(H2,7,8);2-4H2,1H3,(H2,7,10). The molecule has 174 valence electrons. The molecule has 1 amide bonds. The fourth-order valence-corrected chi connectivity index (χ4v) is 1.55. The van der Waals surface area contributed by atoms with E-state index >= 15 is 0 Å². The van der Waals surface area contributed by atoms with Crippen LogP contribution in [-0.4, -0.2) is 53.9 Å². The fourth-order valence-electron chi connectivity index (χ4n) is 1.35. The highest BCUT2D eigenvalue weighted by Gasteiger charge is 2.04. The first-order valence-electron chi connectivity index (χ1n) is 9.21. The van der Waals surface area contributed by atoms with Gasteiger partial charge in [0.05, 0.1) is 44.1 Å². The van der Waals surface area contributed by atoms with Gasteiger partial charge in [0.25, 0.3) is 0 Å². The zero-order chi connectivity index (χ0) is 23.9. The van der Waals surface area contributed by atoms with Gasteiger partial charge in [-0.15, -0.1) is 0 Å². The molecule has 0 unspecified atom stereocenters. The molecule has 0 aliphatic carbocycles. The van der Waals surface area contributed by atoms with Gasteiger partial charge in [-0.05, 0) is 32.4 Å². The summed E-state index contributed by atoms with van der Waals surface area (Å²) in [6, 6.07) is 0. The number of primary amides is 1. The second-order valence-corrected chi connectivity index (χ2v) is 6.15. The van der Waals surface area contributed by atoms with Crippen LogP contribution in [0.2, 0.25) is 0 Å². The lowest BCUT2D eigenvalue weighted by Crippen LogP contribution is -2.13. The molecule has 30 heavy (non-hydrogen) atoms. The van der Waals surface area contributed by atoms with Gasteiger partial charge in [-0.25, -0.2) is 0 Å². The third kappa shape index (κ3) is 33.3. The second kappa shape index (κ2) is 23.0. The molecule has 0 rings (SSSR count). The van der Waals surface area contributed by atoms with Gasteiger partial charge in [-0.3, -0.25) is 24.0 Å². The lowest BCUT2D eigenvalue weighted by atomic mass is 10.3. The van der Waals surface area contributed by atoms with Crippen LogP contribution in [0, 0.1) is 0 Å². The summed E-state index contributed by atoms with van der Waals surface area (Å²) in [6.45, 7) is 6.28. The van der Waals surface area contributed by atoms with Crippen LogP contribution in [-0.2, 0) is 38.2 Å². The summed E-state index contributed by atoms with van der Waals surface area (Å²) in [5.41, 5.74) is 9.95. The van der Waals surface area contributed by atoms with E-state index in [1.54, 1.807) is 20.8 Å². The first-order valence-corrected chi connectivity index (χ1v) is 10.00. The molecule has 0 aliphatic heterocycles. The smallest absolute Gasteiger partial charge is 0.306 e. The Morgan fingerprint density at radius 3 is 1.27 bits per heavy atom. The van der Waals surface area contributed by atoms with Crippen molar-refractivity contribution in [2.45, 2.75) is 59.3 Å². The molecule has 0 bridgehead atoms. The monoisotopic (exact) mass is 470 g/mol. The molecule has 0 atom stereocenters. The Kier molecular flexibility index (Phi) is 24.9. The largest absolute Gasteiger partial charge is 0.466 e. The predicted octanol–water partition coefficient (Wildman–Crippen LogP) is 1.53. The molecule has 12 heteroatoms. The van der Waals surface area contributed by atoms with Crippen molar-refractivity contribution in [1.29, 1.82) is 0 Å². The van der Waals surface area contributed by atoms with Crippen molar-refractivity contribution in [3.8, 4) is 0 Å². The minimum atomic E-state index is -0.506. The van der Waals surface area contributed by atoms with Crippen molar-refractivity contribution in [1.82, 2.24) is 0 Å². The average molecular weight is 471 g/mol. The van der Waals surface area contributed by atoms with E-state index in [1.165, 1.54) is 0 Å². The average Bonchev–Trinajstić information content (AvgIpc) is 2.65. The highest BCUT2D eigenvalue weighted by molar-refractivity contribution is 7.80. The van der Waals surface area contributed by atoms with Crippen LogP contribution in [0.15, 0.2) is 0 Å². The summed E-state index contributed by atoms with van der Waals surface area (Å²) >= 11 is 9.54. The van der Waals surface area contributed by atoms with E-state index in [9.17, 15) is 24.0 Å². The summed E-state index contributed by atoms with van der Waals surface area (Å²) in [6.07, 6.45) is 1.02. The van der Waals surface area contributed by atoms with Crippen molar-refractivity contribution in [2.24, 2.45) is 11.5 Å². The van der Waals surface area contributed by atoms with E-state index in [0.29, 0.717) is 37.7 Å². The number of halogens is 1. The maximum Gasteiger partial charge on any atom is 0.306 e. The summed E-state index contributed by atoms with van der Waals surface area (Å²) in [4.78, 5) is 52.2. The number of amides is 1. The number of hydrogen-bond donors (Lipinski definition) is 2. The van der Waals surface area contributed by atoms with E-state index < -0.39 is 11.1 Å². The van der Waals surface area contributed by atoms with Crippen LogP contribution in [0.4, 0.5) is 0 Å². The molecular formula is C18H31ClN2O8S. The van der Waals surface area contributed by atoms with Gasteiger partial charge in [0.2, 0.25) is 11.1 Å². The number of hydrogen-bond acceptors (Lipinski definition) is 9. The normalized spacial score (nSPS) is 8.93. The van der Waals surface area contributed by atoms with Crippen molar-refractivity contribution in [2.75, 3.05) is 19.8 Å². The van der Waals surface area contributed by atoms with E-state index in [0.717, 1.165) is 0 Å². The van der Waals surface area contributed by atoms with Crippen LogP contribution in [0.5, 0.6) is 0 Å². The van der Waals surface area contributed by atoms with Crippen LogP contribution >= 0.6 is 23.8 Å². The fraction of sp³-hybridized carbons (Fsp3) is 0.667. The lowest BCUT2D eigenvalue weighted by molar-refractivity contribution is -0.144. The Morgan fingerprint density at radius 2 is 1.00 bits per heavy atom. The molecular weight excluding hydrogens is 440 g/mol. The van der Waals surface area contributed by atoms with Crippen LogP contribution < -0.4 is 11.5 Å². The zero-order valence-electron chi connectivity index (χ0n) is 17.6. The van der Waals surface area contributed by atoms with Crippen LogP contribution in [0.3, 0.4) is 0 Å². The van der Waals surface area contributed by atoms with Crippen molar-refractivity contribution < 1.29 is 38.2 Å². The maximum atomic E-state index is 10.6. The van der Waals surface area contributed by atoms with Gasteiger partial charge in [-0.1, -0.05) is 12.2 Å². The Labute approximate surface area is 186 Å². The number of esters is 3. The van der Waals surface area contributed by atoms with Crippen LogP contribution in [0.25, 0.3) is 0 Å². The van der Waals surface area contributed by atoms with Gasteiger partial charge >= 0.3 is 17.9 Å². The third-order valence-electron chi connectivity index (χ3n) is 2.59. The second-order valence-electron chi connectivity index (χ2n) is 5.20. The Morgan fingerprint density at radius 1 is 0.667 bits per heavy atom. The van der Waals surface area contributed by atoms with Gasteiger partial charge in [0.1, 0.15) is 0 Å². The minimum absolute atomic E-state index is 0.0559. The molecule has 0 saturated heterocycles. The first kappa shape index (κ1) is 32.4. The van der Waals surface area contributed by atoms with Gasteiger partial charge in [-0.2, -0.15) is 0 Å². The maximum absolute atomic E-state index is 10.6. The van der Waals surface area contributed by atoms with E-state index in [-0.39, 0.29) is 43.6 Å². The predicted molar refractivity (Wildman–Crippen MR) is 114 cm³/mol. The molecule has 0 aromatic carbocycles. The summed E-state index contributed by atoms with van der Waals surface area (Å²) in [5.74, 6) is -1.47. The van der Waals surface area contributed by atoms with Crippen LogP contribution in [0.1, 0.15) is 59.3 Å². The zero-order valence-corrected chi connectivity index (χ0v) is 19.1. The highest BCUT2D eigenvalue weighted by atomic mass is 35.5. The molecule has 0 fully saturated rings. The quantitative estimate of drug-likeness (QED) is 0.185. The molecule has 0 spiro atoms. The SMILES string of the molecule is CCOC(=O)CCC(=O)Cl.CCOC(=O)CCC(N)=O.CCOC(=O)CCC(N)=S. The molecule has 0 saturated carbocycles. The molecule has 4 N–H and O–H groups in total. The van der Waals surface area contributed by atoms with Gasteiger partial charge in [0, 0.05) is 19.3 Å². The van der Waals surface area contributed by atoms with Gasteiger partial charge in [0.15, 0.2) is 0 Å². The first-order chi connectivity index (χ1) is 14.0. The number of thiocarbonyl (C=S) groups is 1. The molecule has 0 aliphatic rings. The van der Waals surface area contributed by atoms with Crippen molar-refractivity contribution in [3.63, 3.8) is 0 Å². The summed E-state index contributed by atoms with van der Waals surface area (Å²) in [7, 11) is 0. The van der Waals surface area contributed by atoms with Crippen molar-refractivity contribution in [3.05, 3.63) is 0 Å². The molecule has 0 aromatic heterocycles. The molecule has 10 nitrogen and oxygen atoms in total. The number of carbonyl (C=O) groups is 5. The van der Waals surface area contributed by atoms with E-state index in [4.69, 9.17) is 23.1 Å². The lowest BCUT2D eigenvalue weighted by Gasteiger charge is -1.98. The Balaban J connectivity index is -0.000000364. The Bertz CT molecular complexity index is 482. The molecule has 0 aromatic rings. The summed E-state index contributed by atoms with van der Waals surface area (Å²) in [5, 5.41) is -0.506. The topological polar surface area (TPSA) is 165 Å². The minimum Gasteiger partial charge on any atom is -0.466 e. The van der Waals surface area contributed by atoms with E-state index in [2.05, 4.69) is 26.4 Å². The van der Waals surface area contributed by atoms with E-state index in [1.807, 2.05) is 0 Å². The highest BCUT2D eigenvalue weighted by Crippen LogP contribution is 1.96. The third-order valence-corrected chi connectivity index (χ3v) is 2.99. The van der Waals surface area contributed by atoms with Gasteiger partial charge < -0.3 is 25.7 Å². The Hall–Kier alpha value is -2.27. The molecule has 0 radical (unpaired) electrons. The number of rotatable bonds is 12. The number of ether oxygens (including phenoxy) is 3. The number of nitrogens with two attached hydrogens (primary N) is 2. The number of carbonyl (C=O) groups excluding carboxylic acids is 5. The van der Waals surface area contributed by atoms with Crippen molar-refractivity contribution >= 4 is 57.9 Å². The summed E-state index contributed by atoms with van der Waals surface area (Å²) < 4.78 is 13.7. The molecule has 0 heterocycles.